The molecular weight excluding hydrogens is 220 g/mol. The van der Waals surface area contributed by atoms with Crippen LogP contribution in [0.15, 0.2) is 12.2 Å². The zero-order chi connectivity index (χ0) is 11.4. The number of hydrogen-bond donors (Lipinski definition) is 0. The first-order chi connectivity index (χ1) is 7.53. The lowest BCUT2D eigenvalue weighted by molar-refractivity contribution is 0.0154. The summed E-state index contributed by atoms with van der Waals surface area (Å²) in [4.78, 5) is 0. The maximum Gasteiger partial charge on any atom is 0.154 e. The van der Waals surface area contributed by atoms with Crippen LogP contribution in [0.2, 0.25) is 0 Å². The van der Waals surface area contributed by atoms with Gasteiger partial charge in [-0.15, -0.1) is 0 Å². The molecule has 0 amide bonds. The Bertz CT molecular complexity index is 437. The molecule has 3 atom stereocenters. The minimum atomic E-state index is -2.85. The van der Waals surface area contributed by atoms with E-state index < -0.39 is 9.84 Å². The van der Waals surface area contributed by atoms with Gasteiger partial charge in [0.1, 0.15) is 0 Å². The third kappa shape index (κ3) is 1.10. The second kappa shape index (κ2) is 3.12. The summed E-state index contributed by atoms with van der Waals surface area (Å²) in [5.74, 6) is 0.450. The molecule has 1 aliphatic heterocycles. The monoisotopic (exact) mass is 240 g/mol. The van der Waals surface area contributed by atoms with Gasteiger partial charge in [0.2, 0.25) is 0 Å². The summed E-state index contributed by atoms with van der Waals surface area (Å²) < 4.78 is 24.5. The van der Waals surface area contributed by atoms with E-state index in [-0.39, 0.29) is 16.1 Å². The van der Waals surface area contributed by atoms with Crippen LogP contribution in [0.1, 0.15) is 45.4 Å². The topological polar surface area (TPSA) is 34.1 Å². The molecule has 2 nitrogen and oxygen atoms in total. The standard InChI is InChI=1S/C13H20O2S/c1-11-13-8-4-2-6-12(13,7-3-5-9-13)10-16(11,14)15/h2,4,11H,3,5-10H2,1H3/t11-,12-,13-/m1/s1. The van der Waals surface area contributed by atoms with Crippen LogP contribution in [0.4, 0.5) is 0 Å². The zero-order valence-corrected chi connectivity index (χ0v) is 10.7. The van der Waals surface area contributed by atoms with Gasteiger partial charge in [-0.2, -0.15) is 0 Å². The second-order valence-corrected chi connectivity index (χ2v) is 8.29. The highest BCUT2D eigenvalue weighted by molar-refractivity contribution is 7.92. The number of sulfone groups is 1. The van der Waals surface area contributed by atoms with E-state index in [4.69, 9.17) is 0 Å². The smallest absolute Gasteiger partial charge is 0.154 e. The van der Waals surface area contributed by atoms with Gasteiger partial charge in [-0.25, -0.2) is 8.42 Å². The van der Waals surface area contributed by atoms with Crippen molar-refractivity contribution in [2.45, 2.75) is 50.7 Å². The van der Waals surface area contributed by atoms with Crippen molar-refractivity contribution in [3.63, 3.8) is 0 Å². The Balaban J connectivity index is 2.17. The maximum atomic E-state index is 12.3. The third-order valence-corrected chi connectivity index (χ3v) is 8.02. The third-order valence-electron chi connectivity index (χ3n) is 5.54. The molecule has 3 rings (SSSR count). The molecule has 0 aromatic rings. The maximum absolute atomic E-state index is 12.3. The molecular formula is C13H20O2S. The van der Waals surface area contributed by atoms with Crippen LogP contribution >= 0.6 is 0 Å². The van der Waals surface area contributed by atoms with Crippen molar-refractivity contribution < 1.29 is 8.42 Å². The van der Waals surface area contributed by atoms with Gasteiger partial charge >= 0.3 is 0 Å². The molecule has 0 N–H and O–H groups in total. The molecule has 0 aromatic heterocycles. The molecule has 16 heavy (non-hydrogen) atoms. The van der Waals surface area contributed by atoms with E-state index in [9.17, 15) is 8.42 Å². The van der Waals surface area contributed by atoms with Gasteiger partial charge < -0.3 is 0 Å². The zero-order valence-electron chi connectivity index (χ0n) is 9.91. The van der Waals surface area contributed by atoms with Gasteiger partial charge in [-0.1, -0.05) is 25.0 Å². The molecule has 3 heteroatoms. The first-order valence-corrected chi connectivity index (χ1v) is 8.11. The predicted octanol–water partition coefficient (Wildman–Crippen LogP) is 2.70. The van der Waals surface area contributed by atoms with Crippen LogP contribution in [-0.2, 0) is 9.84 Å². The van der Waals surface area contributed by atoms with E-state index in [2.05, 4.69) is 12.2 Å². The molecule has 0 aromatic carbocycles. The minimum absolute atomic E-state index is 0.0822. The fraction of sp³-hybridized carbons (Fsp3) is 0.846. The minimum Gasteiger partial charge on any atom is -0.229 e. The molecule has 1 heterocycles. The van der Waals surface area contributed by atoms with E-state index in [0.29, 0.717) is 5.75 Å². The van der Waals surface area contributed by atoms with Crippen LogP contribution < -0.4 is 0 Å². The molecule has 3 aliphatic rings. The summed E-state index contributed by atoms with van der Waals surface area (Å²) in [5, 5.41) is -0.120. The Hall–Kier alpha value is -0.310. The fourth-order valence-corrected chi connectivity index (χ4v) is 7.29. The highest BCUT2D eigenvalue weighted by Crippen LogP contribution is 2.65. The second-order valence-electron chi connectivity index (χ2n) is 5.97. The lowest BCUT2D eigenvalue weighted by atomic mass is 9.51. The van der Waals surface area contributed by atoms with Crippen molar-refractivity contribution in [2.24, 2.45) is 10.8 Å². The highest BCUT2D eigenvalue weighted by atomic mass is 32.2. The molecule has 90 valence electrons. The highest BCUT2D eigenvalue weighted by Gasteiger charge is 2.64. The Morgan fingerprint density at radius 2 is 1.81 bits per heavy atom. The van der Waals surface area contributed by atoms with Gasteiger partial charge in [0, 0.05) is 0 Å². The van der Waals surface area contributed by atoms with Gasteiger partial charge in [-0.3, -0.25) is 0 Å². The van der Waals surface area contributed by atoms with Gasteiger partial charge in [0.25, 0.3) is 0 Å². The molecule has 1 saturated heterocycles. The first-order valence-electron chi connectivity index (χ1n) is 6.39. The fourth-order valence-electron chi connectivity index (χ4n) is 4.57. The molecule has 0 radical (unpaired) electrons. The van der Waals surface area contributed by atoms with Crippen LogP contribution in [0, 0.1) is 10.8 Å². The van der Waals surface area contributed by atoms with Crippen molar-refractivity contribution in [1.29, 1.82) is 0 Å². The van der Waals surface area contributed by atoms with Crippen LogP contribution in [0.25, 0.3) is 0 Å². The van der Waals surface area contributed by atoms with Gasteiger partial charge in [0.05, 0.1) is 11.0 Å². The number of hydrogen-bond acceptors (Lipinski definition) is 2. The van der Waals surface area contributed by atoms with Crippen molar-refractivity contribution >= 4 is 9.84 Å². The quantitative estimate of drug-likeness (QED) is 0.610. The molecule has 2 aliphatic carbocycles. The Labute approximate surface area is 98.0 Å². The van der Waals surface area contributed by atoms with Crippen LogP contribution in [-0.4, -0.2) is 19.4 Å². The van der Waals surface area contributed by atoms with E-state index in [0.717, 1.165) is 25.7 Å². The van der Waals surface area contributed by atoms with E-state index >= 15 is 0 Å². The van der Waals surface area contributed by atoms with E-state index in [1.54, 1.807) is 0 Å². The number of rotatable bonds is 0. The van der Waals surface area contributed by atoms with E-state index in [1.165, 1.54) is 12.8 Å². The summed E-state index contributed by atoms with van der Waals surface area (Å²) in [7, 11) is -2.85. The van der Waals surface area contributed by atoms with Crippen LogP contribution in [0.5, 0.6) is 0 Å². The predicted molar refractivity (Wildman–Crippen MR) is 65.0 cm³/mol. The number of allylic oxidation sites excluding steroid dienone is 2. The lowest BCUT2D eigenvalue weighted by Gasteiger charge is -2.51. The molecule has 0 unspecified atom stereocenters. The summed E-state index contributed by atoms with van der Waals surface area (Å²) in [6.45, 7) is 1.96. The van der Waals surface area contributed by atoms with Gasteiger partial charge in [0.15, 0.2) is 9.84 Å². The SMILES string of the molecule is C[C@@H]1[C@]23CC=CC[C@@]2(CCCC3)CS1(=O)=O. The molecule has 2 fully saturated rings. The summed E-state index contributed by atoms with van der Waals surface area (Å²) >= 11 is 0. The molecule has 1 saturated carbocycles. The van der Waals surface area contributed by atoms with Crippen molar-refractivity contribution in [3.8, 4) is 0 Å². The summed E-state index contributed by atoms with van der Waals surface area (Å²) in [6, 6.07) is 0. The largest absolute Gasteiger partial charge is 0.229 e. The Morgan fingerprint density at radius 3 is 2.56 bits per heavy atom. The Kier molecular flexibility index (Phi) is 2.11. The molecule has 0 bridgehead atoms. The Morgan fingerprint density at radius 1 is 1.12 bits per heavy atom. The van der Waals surface area contributed by atoms with Crippen molar-refractivity contribution in [2.75, 3.05) is 5.75 Å². The normalized spacial score (nSPS) is 49.7. The summed E-state index contributed by atoms with van der Waals surface area (Å²) in [5.41, 5.74) is 0.178. The van der Waals surface area contributed by atoms with E-state index in [1.807, 2.05) is 6.92 Å². The summed E-state index contributed by atoms with van der Waals surface area (Å²) in [6.07, 6.45) is 11.1. The van der Waals surface area contributed by atoms with Crippen LogP contribution in [0.3, 0.4) is 0 Å². The average molecular weight is 240 g/mol. The first kappa shape index (κ1) is 10.8. The lowest BCUT2D eigenvalue weighted by Crippen LogP contribution is -2.47. The average Bonchev–Trinajstić information content (AvgIpc) is 2.45. The van der Waals surface area contributed by atoms with Crippen molar-refractivity contribution in [3.05, 3.63) is 12.2 Å². The van der Waals surface area contributed by atoms with Gasteiger partial charge in [-0.05, 0) is 43.4 Å². The molecule has 0 spiro atoms. The van der Waals surface area contributed by atoms with Crippen molar-refractivity contribution in [1.82, 2.24) is 0 Å².